The van der Waals surface area contributed by atoms with Crippen molar-refractivity contribution in [1.82, 2.24) is 4.90 Å². The van der Waals surface area contributed by atoms with Crippen molar-refractivity contribution in [2.75, 3.05) is 32.0 Å². The van der Waals surface area contributed by atoms with Crippen LogP contribution in [-0.2, 0) is 16.2 Å². The number of halogens is 3. The van der Waals surface area contributed by atoms with Gasteiger partial charge in [-0.1, -0.05) is 18.2 Å². The van der Waals surface area contributed by atoms with E-state index in [9.17, 15) is 21.6 Å². The molecule has 3 rings (SSSR count). The Labute approximate surface area is 197 Å². The number of sulfonamides is 1. The molecule has 3 aromatic carbocycles. The highest BCUT2D eigenvalue weighted by Crippen LogP contribution is 2.38. The van der Waals surface area contributed by atoms with Crippen molar-refractivity contribution in [3.8, 4) is 17.2 Å². The van der Waals surface area contributed by atoms with Gasteiger partial charge >= 0.3 is 6.18 Å². The molecule has 0 aliphatic heterocycles. The summed E-state index contributed by atoms with van der Waals surface area (Å²) >= 11 is 0. The van der Waals surface area contributed by atoms with Crippen LogP contribution in [0.2, 0.25) is 0 Å². The lowest BCUT2D eigenvalue weighted by Crippen LogP contribution is -2.19. The molecular weight excluding hydrogens is 469 g/mol. The van der Waals surface area contributed by atoms with Gasteiger partial charge in [0.05, 0.1) is 16.1 Å². The summed E-state index contributed by atoms with van der Waals surface area (Å²) in [4.78, 5) is 1.90. The molecule has 0 saturated heterocycles. The molecule has 0 aromatic heterocycles. The largest absolute Gasteiger partial charge is 0.492 e. The van der Waals surface area contributed by atoms with Gasteiger partial charge in [-0.2, -0.15) is 13.2 Å². The summed E-state index contributed by atoms with van der Waals surface area (Å²) in [5.74, 6) is 0.266. The number of aryl methyl sites for hydroxylation is 1. The summed E-state index contributed by atoms with van der Waals surface area (Å²) in [7, 11) is -0.102. The average Bonchev–Trinajstić information content (AvgIpc) is 2.75. The quantitative estimate of drug-likeness (QED) is 0.423. The van der Waals surface area contributed by atoms with Crippen molar-refractivity contribution in [1.29, 1.82) is 0 Å². The number of hydrogen-bond acceptors (Lipinski definition) is 5. The van der Waals surface area contributed by atoms with Crippen LogP contribution in [0.15, 0.2) is 71.6 Å². The number of hydrogen-bond donors (Lipinski definition) is 1. The molecule has 10 heteroatoms. The Hall–Kier alpha value is -3.24. The lowest BCUT2D eigenvalue weighted by molar-refractivity contribution is -0.138. The molecule has 0 saturated carbocycles. The van der Waals surface area contributed by atoms with E-state index in [2.05, 4.69) is 4.72 Å². The first kappa shape index (κ1) is 25.4. The third-order valence-electron chi connectivity index (χ3n) is 4.79. The van der Waals surface area contributed by atoms with Crippen molar-refractivity contribution in [3.05, 3.63) is 77.9 Å². The van der Waals surface area contributed by atoms with Gasteiger partial charge in [0.15, 0.2) is 0 Å². The standard InChI is InChI=1S/C24H25F3N2O4S/c1-17-8-9-18(16-23(17)32-15-14-29(2)3)28-34(30,31)20-12-10-19(11-13-20)33-22-7-5-4-6-21(22)24(25,26)27/h4-13,16,28H,14-15H2,1-3H3. The summed E-state index contributed by atoms with van der Waals surface area (Å²) in [6.45, 7) is 3.01. The van der Waals surface area contributed by atoms with Gasteiger partial charge in [-0.25, -0.2) is 8.42 Å². The minimum Gasteiger partial charge on any atom is -0.492 e. The van der Waals surface area contributed by atoms with E-state index in [4.69, 9.17) is 9.47 Å². The zero-order valence-electron chi connectivity index (χ0n) is 18.9. The van der Waals surface area contributed by atoms with Crippen LogP contribution in [0, 0.1) is 6.92 Å². The predicted molar refractivity (Wildman–Crippen MR) is 124 cm³/mol. The maximum atomic E-state index is 13.2. The molecule has 6 nitrogen and oxygen atoms in total. The van der Waals surface area contributed by atoms with Crippen molar-refractivity contribution >= 4 is 15.7 Å². The molecule has 182 valence electrons. The van der Waals surface area contributed by atoms with Crippen LogP contribution in [0.5, 0.6) is 17.2 Å². The second kappa shape index (κ2) is 10.4. The van der Waals surface area contributed by atoms with Crippen LogP contribution >= 0.6 is 0 Å². The highest BCUT2D eigenvalue weighted by molar-refractivity contribution is 7.92. The highest BCUT2D eigenvalue weighted by Gasteiger charge is 2.34. The van der Waals surface area contributed by atoms with Gasteiger partial charge in [-0.3, -0.25) is 4.72 Å². The van der Waals surface area contributed by atoms with E-state index in [0.717, 1.165) is 11.6 Å². The number of likely N-dealkylation sites (N-methyl/N-ethyl adjacent to an activating group) is 1. The molecule has 1 N–H and O–H groups in total. The molecule has 0 unspecified atom stereocenters. The van der Waals surface area contributed by atoms with Gasteiger partial charge in [0.1, 0.15) is 23.9 Å². The normalized spacial score (nSPS) is 12.0. The van der Waals surface area contributed by atoms with Gasteiger partial charge < -0.3 is 14.4 Å². The lowest BCUT2D eigenvalue weighted by atomic mass is 10.2. The summed E-state index contributed by atoms with van der Waals surface area (Å²) in [6.07, 6.45) is -4.58. The predicted octanol–water partition coefficient (Wildman–Crippen LogP) is 5.55. The number of nitrogens with one attached hydrogen (secondary N) is 1. The van der Waals surface area contributed by atoms with Crippen LogP contribution in [-0.4, -0.2) is 40.6 Å². The average molecular weight is 495 g/mol. The summed E-state index contributed by atoms with van der Waals surface area (Å²) in [5, 5.41) is 0. The molecule has 0 spiro atoms. The number of para-hydroxylation sites is 1. The second-order valence-corrected chi connectivity index (χ2v) is 9.49. The van der Waals surface area contributed by atoms with E-state index in [-0.39, 0.29) is 16.4 Å². The third kappa shape index (κ3) is 6.64. The Kier molecular flexibility index (Phi) is 7.73. The van der Waals surface area contributed by atoms with E-state index in [0.29, 0.717) is 24.6 Å². The second-order valence-electron chi connectivity index (χ2n) is 7.80. The topological polar surface area (TPSA) is 67.9 Å². The fraction of sp³-hybridized carbons (Fsp3) is 0.250. The van der Waals surface area contributed by atoms with Gasteiger partial charge in [0.25, 0.3) is 10.0 Å². The minimum absolute atomic E-state index is 0.0698. The fourth-order valence-corrected chi connectivity index (χ4v) is 4.02. The van der Waals surface area contributed by atoms with Crippen LogP contribution in [0.1, 0.15) is 11.1 Å². The first-order valence-electron chi connectivity index (χ1n) is 10.3. The number of ether oxygens (including phenoxy) is 2. The smallest absolute Gasteiger partial charge is 0.419 e. The first-order chi connectivity index (χ1) is 16.0. The number of benzene rings is 3. The zero-order valence-corrected chi connectivity index (χ0v) is 19.7. The Morgan fingerprint density at radius 2 is 1.62 bits per heavy atom. The number of anilines is 1. The molecule has 0 aliphatic rings. The van der Waals surface area contributed by atoms with Crippen LogP contribution < -0.4 is 14.2 Å². The van der Waals surface area contributed by atoms with Crippen LogP contribution in [0.25, 0.3) is 0 Å². The molecule has 0 amide bonds. The minimum atomic E-state index is -4.58. The van der Waals surface area contributed by atoms with E-state index in [1.165, 1.54) is 42.5 Å². The van der Waals surface area contributed by atoms with E-state index in [1.54, 1.807) is 18.2 Å². The van der Waals surface area contributed by atoms with E-state index in [1.807, 2.05) is 25.9 Å². The van der Waals surface area contributed by atoms with Gasteiger partial charge in [0.2, 0.25) is 0 Å². The molecule has 3 aromatic rings. The van der Waals surface area contributed by atoms with Crippen LogP contribution in [0.3, 0.4) is 0 Å². The van der Waals surface area contributed by atoms with E-state index < -0.39 is 21.8 Å². The highest BCUT2D eigenvalue weighted by atomic mass is 32.2. The van der Waals surface area contributed by atoms with Gasteiger partial charge in [0, 0.05) is 12.6 Å². The molecule has 0 heterocycles. The van der Waals surface area contributed by atoms with Gasteiger partial charge in [-0.15, -0.1) is 0 Å². The van der Waals surface area contributed by atoms with Crippen molar-refractivity contribution in [2.24, 2.45) is 0 Å². The maximum Gasteiger partial charge on any atom is 0.419 e. The Balaban J connectivity index is 1.74. The fourth-order valence-electron chi connectivity index (χ4n) is 2.97. The van der Waals surface area contributed by atoms with Crippen molar-refractivity contribution in [3.63, 3.8) is 0 Å². The van der Waals surface area contributed by atoms with Gasteiger partial charge in [-0.05, 0) is 69.0 Å². The Morgan fingerprint density at radius 3 is 2.26 bits per heavy atom. The lowest BCUT2D eigenvalue weighted by Gasteiger charge is -2.15. The number of alkyl halides is 3. The first-order valence-corrected chi connectivity index (χ1v) is 11.8. The Morgan fingerprint density at radius 1 is 0.941 bits per heavy atom. The molecule has 34 heavy (non-hydrogen) atoms. The number of nitrogens with zero attached hydrogens (tertiary/aromatic N) is 1. The van der Waals surface area contributed by atoms with Crippen molar-refractivity contribution in [2.45, 2.75) is 18.0 Å². The summed E-state index contributed by atoms with van der Waals surface area (Å²) in [6, 6.07) is 14.9. The molecule has 0 atom stereocenters. The van der Waals surface area contributed by atoms with Crippen LogP contribution in [0.4, 0.5) is 18.9 Å². The monoisotopic (exact) mass is 494 g/mol. The van der Waals surface area contributed by atoms with E-state index >= 15 is 0 Å². The molecule has 0 bridgehead atoms. The molecule has 0 radical (unpaired) electrons. The third-order valence-corrected chi connectivity index (χ3v) is 6.19. The zero-order chi connectivity index (χ0) is 24.9. The Bertz CT molecular complexity index is 1230. The summed E-state index contributed by atoms with van der Waals surface area (Å²) < 4.78 is 78.7. The van der Waals surface area contributed by atoms with Crippen molar-refractivity contribution < 1.29 is 31.1 Å². The molecular formula is C24H25F3N2O4S. The molecule has 0 aliphatic carbocycles. The number of rotatable bonds is 9. The SMILES string of the molecule is Cc1ccc(NS(=O)(=O)c2ccc(Oc3ccccc3C(F)(F)F)cc2)cc1OCCN(C)C. The molecule has 0 fully saturated rings. The summed E-state index contributed by atoms with van der Waals surface area (Å²) in [5.41, 5.74) is 0.267. The maximum absolute atomic E-state index is 13.2.